The molecule has 0 atom stereocenters. The van der Waals surface area contributed by atoms with Gasteiger partial charge in [0.05, 0.1) is 11.3 Å². The van der Waals surface area contributed by atoms with Crippen LogP contribution < -0.4 is 11.1 Å². The second-order valence-electron chi connectivity index (χ2n) is 3.74. The first kappa shape index (κ1) is 13.2. The van der Waals surface area contributed by atoms with Crippen LogP contribution >= 0.6 is 0 Å². The van der Waals surface area contributed by atoms with Crippen LogP contribution in [0.1, 0.15) is 28.8 Å². The Morgan fingerprint density at radius 3 is 2.71 bits per heavy atom. The molecule has 0 saturated heterocycles. The lowest BCUT2D eigenvalue weighted by atomic mass is 10.1. The van der Waals surface area contributed by atoms with Gasteiger partial charge < -0.3 is 16.2 Å². The summed E-state index contributed by atoms with van der Waals surface area (Å²) in [4.78, 5) is 22.6. The van der Waals surface area contributed by atoms with E-state index in [1.54, 1.807) is 25.1 Å². The molecule has 17 heavy (non-hydrogen) atoms. The van der Waals surface area contributed by atoms with Crippen LogP contribution in [0.5, 0.6) is 0 Å². The minimum absolute atomic E-state index is 0.133. The quantitative estimate of drug-likeness (QED) is 0.719. The summed E-state index contributed by atoms with van der Waals surface area (Å²) in [6.45, 7) is 2.13. The van der Waals surface area contributed by atoms with Crippen molar-refractivity contribution < 1.29 is 14.7 Å². The number of carbonyl (C=O) groups is 2. The van der Waals surface area contributed by atoms with Crippen LogP contribution in [-0.2, 0) is 4.79 Å². The number of carboxylic acid groups (broad SMARTS) is 1. The molecule has 0 radical (unpaired) electrons. The number of rotatable bonds is 5. The molecule has 0 heterocycles. The molecule has 0 unspecified atom stereocenters. The van der Waals surface area contributed by atoms with Gasteiger partial charge >= 0.3 is 5.97 Å². The molecule has 1 aromatic rings. The normalized spacial score (nSPS) is 10.0. The zero-order valence-corrected chi connectivity index (χ0v) is 9.69. The maximum Gasteiger partial charge on any atom is 0.338 e. The van der Waals surface area contributed by atoms with Crippen molar-refractivity contribution in [3.8, 4) is 0 Å². The Hall–Kier alpha value is -1.88. The molecule has 0 aromatic heterocycles. The maximum atomic E-state index is 11.5. The topological polar surface area (TPSA) is 92.4 Å². The number of amides is 1. The van der Waals surface area contributed by atoms with Gasteiger partial charge in [-0.3, -0.25) is 4.79 Å². The fourth-order valence-corrected chi connectivity index (χ4v) is 1.53. The highest BCUT2D eigenvalue weighted by Crippen LogP contribution is 2.19. The number of aromatic carboxylic acids is 1. The highest BCUT2D eigenvalue weighted by Gasteiger charge is 2.14. The van der Waals surface area contributed by atoms with Gasteiger partial charge in [0, 0.05) is 6.42 Å². The van der Waals surface area contributed by atoms with Crippen LogP contribution in [0, 0.1) is 6.92 Å². The van der Waals surface area contributed by atoms with E-state index in [1.807, 2.05) is 0 Å². The summed E-state index contributed by atoms with van der Waals surface area (Å²) in [5.41, 5.74) is 6.38. The maximum absolute atomic E-state index is 11.5. The number of nitrogens with one attached hydrogen (secondary N) is 1. The zero-order chi connectivity index (χ0) is 12.8. The smallest absolute Gasteiger partial charge is 0.338 e. The number of aryl methyl sites for hydroxylation is 1. The minimum Gasteiger partial charge on any atom is -0.478 e. The van der Waals surface area contributed by atoms with E-state index in [4.69, 9.17) is 10.8 Å². The summed E-state index contributed by atoms with van der Waals surface area (Å²) in [7, 11) is 0. The van der Waals surface area contributed by atoms with Gasteiger partial charge in [0.2, 0.25) is 5.91 Å². The van der Waals surface area contributed by atoms with Crippen molar-refractivity contribution in [2.75, 3.05) is 11.9 Å². The van der Waals surface area contributed by atoms with Gasteiger partial charge in [0.25, 0.3) is 0 Å². The van der Waals surface area contributed by atoms with Gasteiger partial charge in [0.15, 0.2) is 0 Å². The molecule has 0 saturated carbocycles. The van der Waals surface area contributed by atoms with Crippen LogP contribution in [0.3, 0.4) is 0 Å². The molecule has 1 amide bonds. The van der Waals surface area contributed by atoms with E-state index in [9.17, 15) is 9.59 Å². The van der Waals surface area contributed by atoms with E-state index in [0.717, 1.165) is 0 Å². The minimum atomic E-state index is -1.04. The Bertz CT molecular complexity index is 430. The molecule has 5 heteroatoms. The number of hydrogen-bond acceptors (Lipinski definition) is 3. The fraction of sp³-hybridized carbons (Fsp3) is 0.333. The highest BCUT2D eigenvalue weighted by atomic mass is 16.4. The summed E-state index contributed by atoms with van der Waals surface area (Å²) < 4.78 is 0. The summed E-state index contributed by atoms with van der Waals surface area (Å²) in [6, 6.07) is 4.98. The van der Waals surface area contributed by atoms with Crippen LogP contribution in [0.4, 0.5) is 5.69 Å². The number of anilines is 1. The average Bonchev–Trinajstić information content (AvgIpc) is 2.25. The molecular formula is C12H16N2O3. The second-order valence-corrected chi connectivity index (χ2v) is 3.74. The van der Waals surface area contributed by atoms with Crippen molar-refractivity contribution in [1.82, 2.24) is 0 Å². The molecule has 4 N–H and O–H groups in total. The third-order valence-electron chi connectivity index (χ3n) is 2.37. The number of benzene rings is 1. The van der Waals surface area contributed by atoms with Gasteiger partial charge in [0.1, 0.15) is 0 Å². The average molecular weight is 236 g/mol. The van der Waals surface area contributed by atoms with E-state index in [2.05, 4.69) is 5.32 Å². The predicted octanol–water partition coefficient (Wildman–Crippen LogP) is 1.37. The van der Waals surface area contributed by atoms with Crippen LogP contribution in [0.15, 0.2) is 18.2 Å². The summed E-state index contributed by atoms with van der Waals surface area (Å²) in [5.74, 6) is -1.26. The summed E-state index contributed by atoms with van der Waals surface area (Å²) in [6.07, 6.45) is 0.879. The lowest BCUT2D eigenvalue weighted by Gasteiger charge is -2.10. The van der Waals surface area contributed by atoms with Crippen molar-refractivity contribution in [3.05, 3.63) is 29.3 Å². The predicted molar refractivity (Wildman–Crippen MR) is 65.1 cm³/mol. The Morgan fingerprint density at radius 1 is 1.41 bits per heavy atom. The van der Waals surface area contributed by atoms with E-state index >= 15 is 0 Å². The molecular weight excluding hydrogens is 220 g/mol. The first-order chi connectivity index (χ1) is 8.06. The van der Waals surface area contributed by atoms with Gasteiger partial charge in [-0.1, -0.05) is 12.1 Å². The Labute approximate surface area is 99.6 Å². The van der Waals surface area contributed by atoms with E-state index in [-0.39, 0.29) is 11.5 Å². The number of hydrogen-bond donors (Lipinski definition) is 3. The molecule has 0 aliphatic rings. The highest BCUT2D eigenvalue weighted by molar-refractivity contribution is 6.01. The number of carbonyl (C=O) groups excluding carboxylic acids is 1. The molecule has 1 rings (SSSR count). The van der Waals surface area contributed by atoms with Gasteiger partial charge in [-0.05, 0) is 31.5 Å². The van der Waals surface area contributed by atoms with E-state index in [1.165, 1.54) is 0 Å². The third-order valence-corrected chi connectivity index (χ3v) is 2.37. The third kappa shape index (κ3) is 3.57. The Balaban J connectivity index is 2.87. The largest absolute Gasteiger partial charge is 0.478 e. The monoisotopic (exact) mass is 236 g/mol. The SMILES string of the molecule is Cc1cccc(NC(=O)CCCN)c1C(=O)O. The molecule has 0 aliphatic heterocycles. The van der Waals surface area contributed by atoms with E-state index < -0.39 is 5.97 Å². The van der Waals surface area contributed by atoms with Crippen molar-refractivity contribution in [3.63, 3.8) is 0 Å². The van der Waals surface area contributed by atoms with Gasteiger partial charge in [-0.25, -0.2) is 4.79 Å². The molecule has 5 nitrogen and oxygen atoms in total. The van der Waals surface area contributed by atoms with E-state index in [0.29, 0.717) is 30.6 Å². The lowest BCUT2D eigenvalue weighted by Crippen LogP contribution is -2.16. The van der Waals surface area contributed by atoms with Crippen LogP contribution in [-0.4, -0.2) is 23.5 Å². The van der Waals surface area contributed by atoms with Gasteiger partial charge in [-0.2, -0.15) is 0 Å². The van der Waals surface area contributed by atoms with Crippen molar-refractivity contribution in [1.29, 1.82) is 0 Å². The zero-order valence-electron chi connectivity index (χ0n) is 9.69. The number of carboxylic acids is 1. The summed E-state index contributed by atoms with van der Waals surface area (Å²) >= 11 is 0. The fourth-order valence-electron chi connectivity index (χ4n) is 1.53. The van der Waals surface area contributed by atoms with Crippen molar-refractivity contribution in [2.45, 2.75) is 19.8 Å². The first-order valence-corrected chi connectivity index (χ1v) is 5.39. The first-order valence-electron chi connectivity index (χ1n) is 5.39. The molecule has 1 aromatic carbocycles. The molecule has 0 bridgehead atoms. The van der Waals surface area contributed by atoms with Crippen LogP contribution in [0.2, 0.25) is 0 Å². The Kier molecular flexibility index (Phi) is 4.66. The lowest BCUT2D eigenvalue weighted by molar-refractivity contribution is -0.116. The molecule has 0 fully saturated rings. The number of nitrogens with two attached hydrogens (primary N) is 1. The molecule has 92 valence electrons. The van der Waals surface area contributed by atoms with Crippen LogP contribution in [0.25, 0.3) is 0 Å². The molecule has 0 aliphatic carbocycles. The van der Waals surface area contributed by atoms with Crippen molar-refractivity contribution >= 4 is 17.6 Å². The standard InChI is InChI=1S/C12H16N2O3/c1-8-4-2-5-9(11(8)12(16)17)14-10(15)6-3-7-13/h2,4-5H,3,6-7,13H2,1H3,(H,14,15)(H,16,17). The van der Waals surface area contributed by atoms with Gasteiger partial charge in [-0.15, -0.1) is 0 Å². The second kappa shape index (κ2) is 6.00. The summed E-state index contributed by atoms with van der Waals surface area (Å²) in [5, 5.41) is 11.7. The Morgan fingerprint density at radius 2 is 2.12 bits per heavy atom. The van der Waals surface area contributed by atoms with Crippen molar-refractivity contribution in [2.24, 2.45) is 5.73 Å². The molecule has 0 spiro atoms.